The first-order chi connectivity index (χ1) is 6.59. The normalized spacial score (nSPS) is 27.3. The number of aliphatic carboxylic acids is 1. The standard InChI is InChI=1S/C11H17NO2/c1-9-8-10(6-7-12(9)2)4-3-5-11(13)14/h3-5,9H,6-8H2,1-2H3,(H,13,14)/b5-3+,10-4+. The van der Waals surface area contributed by atoms with E-state index in [1.807, 2.05) is 6.08 Å². The van der Waals surface area contributed by atoms with Crippen molar-refractivity contribution in [2.24, 2.45) is 0 Å². The highest BCUT2D eigenvalue weighted by atomic mass is 16.4. The van der Waals surface area contributed by atoms with Gasteiger partial charge < -0.3 is 10.0 Å². The topological polar surface area (TPSA) is 40.5 Å². The summed E-state index contributed by atoms with van der Waals surface area (Å²) < 4.78 is 0. The van der Waals surface area contributed by atoms with Gasteiger partial charge in [-0.05, 0) is 26.8 Å². The SMILES string of the molecule is CC1C/C(=C/C=C/C(=O)O)CCN1C. The minimum atomic E-state index is -0.886. The lowest BCUT2D eigenvalue weighted by Gasteiger charge is -2.31. The molecule has 1 heterocycles. The van der Waals surface area contributed by atoms with E-state index in [0.29, 0.717) is 6.04 Å². The summed E-state index contributed by atoms with van der Waals surface area (Å²) in [5.74, 6) is -0.886. The maximum Gasteiger partial charge on any atom is 0.328 e. The summed E-state index contributed by atoms with van der Waals surface area (Å²) in [4.78, 5) is 12.6. The lowest BCUT2D eigenvalue weighted by molar-refractivity contribution is -0.131. The van der Waals surface area contributed by atoms with Gasteiger partial charge in [0, 0.05) is 18.7 Å². The van der Waals surface area contributed by atoms with Gasteiger partial charge in [0.15, 0.2) is 0 Å². The van der Waals surface area contributed by atoms with E-state index in [4.69, 9.17) is 5.11 Å². The van der Waals surface area contributed by atoms with E-state index in [1.165, 1.54) is 11.6 Å². The molecule has 14 heavy (non-hydrogen) atoms. The summed E-state index contributed by atoms with van der Waals surface area (Å²) in [6, 6.07) is 0.563. The van der Waals surface area contributed by atoms with E-state index in [1.54, 1.807) is 6.08 Å². The van der Waals surface area contributed by atoms with Crippen LogP contribution in [0.25, 0.3) is 0 Å². The molecular weight excluding hydrogens is 178 g/mol. The zero-order chi connectivity index (χ0) is 10.6. The minimum absolute atomic E-state index is 0.563. The molecule has 0 radical (unpaired) electrons. The van der Waals surface area contributed by atoms with Crippen LogP contribution in [0.5, 0.6) is 0 Å². The van der Waals surface area contributed by atoms with Gasteiger partial charge in [-0.3, -0.25) is 0 Å². The third-order valence-electron chi connectivity index (χ3n) is 2.67. The fraction of sp³-hybridized carbons (Fsp3) is 0.545. The van der Waals surface area contributed by atoms with Gasteiger partial charge in [-0.1, -0.05) is 17.7 Å². The Morgan fingerprint density at radius 1 is 1.64 bits per heavy atom. The van der Waals surface area contributed by atoms with Gasteiger partial charge in [-0.25, -0.2) is 4.79 Å². The molecule has 0 aromatic heterocycles. The molecule has 1 unspecified atom stereocenters. The molecule has 0 aromatic carbocycles. The van der Waals surface area contributed by atoms with Crippen molar-refractivity contribution in [1.82, 2.24) is 4.90 Å². The van der Waals surface area contributed by atoms with Gasteiger partial charge in [0.2, 0.25) is 0 Å². The van der Waals surface area contributed by atoms with Gasteiger partial charge >= 0.3 is 5.97 Å². The summed E-state index contributed by atoms with van der Waals surface area (Å²) in [5.41, 5.74) is 1.34. The number of carboxylic acids is 1. The number of rotatable bonds is 2. The van der Waals surface area contributed by atoms with Gasteiger partial charge in [-0.2, -0.15) is 0 Å². The molecule has 1 aliphatic heterocycles. The van der Waals surface area contributed by atoms with E-state index in [-0.39, 0.29) is 0 Å². The number of hydrogen-bond acceptors (Lipinski definition) is 2. The fourth-order valence-corrected chi connectivity index (χ4v) is 1.60. The predicted octanol–water partition coefficient (Wildman–Crippen LogP) is 1.67. The second kappa shape index (κ2) is 4.96. The van der Waals surface area contributed by atoms with Crippen LogP contribution in [0.3, 0.4) is 0 Å². The first kappa shape index (κ1) is 11.0. The van der Waals surface area contributed by atoms with Crippen molar-refractivity contribution in [2.45, 2.75) is 25.8 Å². The molecule has 0 spiro atoms. The average Bonchev–Trinajstić information content (AvgIpc) is 2.10. The highest BCUT2D eigenvalue weighted by Crippen LogP contribution is 2.20. The summed E-state index contributed by atoms with van der Waals surface area (Å²) in [6.07, 6.45) is 6.81. The lowest BCUT2D eigenvalue weighted by atomic mass is 9.98. The monoisotopic (exact) mass is 195 g/mol. The summed E-state index contributed by atoms with van der Waals surface area (Å²) in [5, 5.41) is 8.41. The maximum atomic E-state index is 10.2. The lowest BCUT2D eigenvalue weighted by Crippen LogP contribution is -2.34. The predicted molar refractivity (Wildman–Crippen MR) is 56.2 cm³/mol. The number of allylic oxidation sites excluding steroid dienone is 2. The number of carbonyl (C=O) groups is 1. The Hall–Kier alpha value is -1.09. The van der Waals surface area contributed by atoms with Crippen LogP contribution in [0, 0.1) is 0 Å². The third-order valence-corrected chi connectivity index (χ3v) is 2.67. The number of likely N-dealkylation sites (tertiary alicyclic amines) is 1. The Kier molecular flexibility index (Phi) is 3.89. The Morgan fingerprint density at radius 3 is 2.93 bits per heavy atom. The molecule has 1 fully saturated rings. The first-order valence-corrected chi connectivity index (χ1v) is 4.89. The van der Waals surface area contributed by atoms with Gasteiger partial charge in [0.05, 0.1) is 0 Å². The number of piperidine rings is 1. The number of hydrogen-bond donors (Lipinski definition) is 1. The van der Waals surface area contributed by atoms with E-state index < -0.39 is 5.97 Å². The minimum Gasteiger partial charge on any atom is -0.478 e. The molecule has 0 aromatic rings. The van der Waals surface area contributed by atoms with Crippen molar-refractivity contribution in [3.05, 3.63) is 23.8 Å². The second-order valence-corrected chi connectivity index (χ2v) is 3.81. The molecule has 0 bridgehead atoms. The first-order valence-electron chi connectivity index (χ1n) is 4.89. The molecule has 1 aliphatic rings. The van der Waals surface area contributed by atoms with Crippen molar-refractivity contribution in [3.8, 4) is 0 Å². The van der Waals surface area contributed by atoms with E-state index >= 15 is 0 Å². The van der Waals surface area contributed by atoms with Gasteiger partial charge in [0.1, 0.15) is 0 Å². The molecular formula is C11H17NO2. The highest BCUT2D eigenvalue weighted by molar-refractivity contribution is 5.80. The number of carboxylic acid groups (broad SMARTS) is 1. The van der Waals surface area contributed by atoms with Crippen LogP contribution in [0.1, 0.15) is 19.8 Å². The molecule has 0 aliphatic carbocycles. The maximum absolute atomic E-state index is 10.2. The second-order valence-electron chi connectivity index (χ2n) is 3.81. The quantitative estimate of drug-likeness (QED) is 0.681. The largest absolute Gasteiger partial charge is 0.478 e. The van der Waals surface area contributed by atoms with E-state index in [2.05, 4.69) is 18.9 Å². The summed E-state index contributed by atoms with van der Waals surface area (Å²) in [6.45, 7) is 3.25. The third kappa shape index (κ3) is 3.34. The van der Waals surface area contributed by atoms with Crippen LogP contribution in [0.15, 0.2) is 23.8 Å². The van der Waals surface area contributed by atoms with Crippen LogP contribution in [-0.4, -0.2) is 35.6 Å². The molecule has 1 saturated heterocycles. The van der Waals surface area contributed by atoms with Gasteiger partial charge in [-0.15, -0.1) is 0 Å². The van der Waals surface area contributed by atoms with Crippen molar-refractivity contribution in [2.75, 3.05) is 13.6 Å². The molecule has 1 atom stereocenters. The van der Waals surface area contributed by atoms with Crippen LogP contribution >= 0.6 is 0 Å². The smallest absolute Gasteiger partial charge is 0.328 e. The zero-order valence-electron chi connectivity index (χ0n) is 8.73. The Balaban J connectivity index is 2.50. The summed E-state index contributed by atoms with van der Waals surface area (Å²) >= 11 is 0. The Bertz CT molecular complexity index is 268. The van der Waals surface area contributed by atoms with Crippen LogP contribution in [0.4, 0.5) is 0 Å². The van der Waals surface area contributed by atoms with Crippen LogP contribution in [-0.2, 0) is 4.79 Å². The average molecular weight is 195 g/mol. The van der Waals surface area contributed by atoms with E-state index in [0.717, 1.165) is 19.4 Å². The van der Waals surface area contributed by atoms with Crippen molar-refractivity contribution in [1.29, 1.82) is 0 Å². The molecule has 1 N–H and O–H groups in total. The van der Waals surface area contributed by atoms with Gasteiger partial charge in [0.25, 0.3) is 0 Å². The molecule has 78 valence electrons. The summed E-state index contributed by atoms with van der Waals surface area (Å²) in [7, 11) is 2.12. The molecule has 1 rings (SSSR count). The Morgan fingerprint density at radius 2 is 2.36 bits per heavy atom. The fourth-order valence-electron chi connectivity index (χ4n) is 1.60. The number of nitrogens with zero attached hydrogens (tertiary/aromatic N) is 1. The molecule has 3 nitrogen and oxygen atoms in total. The molecule has 3 heteroatoms. The highest BCUT2D eigenvalue weighted by Gasteiger charge is 2.16. The molecule has 0 amide bonds. The Labute approximate surface area is 84.7 Å². The van der Waals surface area contributed by atoms with Crippen molar-refractivity contribution in [3.63, 3.8) is 0 Å². The van der Waals surface area contributed by atoms with Crippen LogP contribution < -0.4 is 0 Å². The van der Waals surface area contributed by atoms with E-state index in [9.17, 15) is 4.79 Å². The van der Waals surface area contributed by atoms with Crippen LogP contribution in [0.2, 0.25) is 0 Å². The molecule has 0 saturated carbocycles. The van der Waals surface area contributed by atoms with Crippen molar-refractivity contribution >= 4 is 5.97 Å². The zero-order valence-corrected chi connectivity index (χ0v) is 8.73. The van der Waals surface area contributed by atoms with Crippen molar-refractivity contribution < 1.29 is 9.90 Å².